The highest BCUT2D eigenvalue weighted by atomic mass is 16.5. The van der Waals surface area contributed by atoms with E-state index in [0.29, 0.717) is 0 Å². The minimum Gasteiger partial charge on any atom is -0.481 e. The number of aliphatic carboxylic acids is 1. The van der Waals surface area contributed by atoms with Crippen LogP contribution >= 0.6 is 0 Å². The molecule has 0 radical (unpaired) electrons. The van der Waals surface area contributed by atoms with Crippen molar-refractivity contribution >= 4 is 16.9 Å². The minimum absolute atomic E-state index is 0.0695. The van der Waals surface area contributed by atoms with Gasteiger partial charge < -0.3 is 14.4 Å². The third kappa shape index (κ3) is 3.10. The Morgan fingerprint density at radius 3 is 3.00 bits per heavy atom. The highest BCUT2D eigenvalue weighted by Crippen LogP contribution is 2.24. The lowest BCUT2D eigenvalue weighted by atomic mass is 10.1. The largest absolute Gasteiger partial charge is 0.481 e. The summed E-state index contributed by atoms with van der Waals surface area (Å²) in [7, 11) is 0. The van der Waals surface area contributed by atoms with Gasteiger partial charge in [-0.3, -0.25) is 4.79 Å². The number of rotatable bonds is 4. The van der Waals surface area contributed by atoms with E-state index < -0.39 is 5.97 Å². The highest BCUT2D eigenvalue weighted by Gasteiger charge is 2.16. The molecule has 3 rings (SSSR count). The van der Waals surface area contributed by atoms with Crippen molar-refractivity contribution in [1.29, 1.82) is 0 Å². The molecule has 1 saturated heterocycles. The number of nitrogens with zero attached hydrogens (tertiary/aromatic N) is 1. The molecular formula is C17H21NO3. The second kappa shape index (κ2) is 5.90. The third-order valence-electron chi connectivity index (χ3n) is 4.18. The Balaban J connectivity index is 1.91. The van der Waals surface area contributed by atoms with Gasteiger partial charge in [-0.2, -0.15) is 0 Å². The van der Waals surface area contributed by atoms with E-state index in [0.717, 1.165) is 37.1 Å². The number of ether oxygens (including phenoxy) is 1. The standard InChI is InChI=1S/C17H21NO3/c1-12-10-18(11-14-4-2-3-7-21-14)16-8-13(9-17(19)20)5-6-15(12)16/h5-6,8,10,14H,2-4,7,9,11H2,1H3,(H,19,20). The number of aromatic nitrogens is 1. The molecule has 4 nitrogen and oxygen atoms in total. The van der Waals surface area contributed by atoms with Gasteiger partial charge in [-0.15, -0.1) is 0 Å². The van der Waals surface area contributed by atoms with Gasteiger partial charge in [0.1, 0.15) is 0 Å². The molecule has 1 aromatic carbocycles. The molecule has 1 aliphatic rings. The Kier molecular flexibility index (Phi) is 3.97. The van der Waals surface area contributed by atoms with E-state index in [1.54, 1.807) is 0 Å². The first-order valence-electron chi connectivity index (χ1n) is 7.55. The Hall–Kier alpha value is -1.81. The molecule has 1 fully saturated rings. The maximum atomic E-state index is 10.9. The first-order valence-corrected chi connectivity index (χ1v) is 7.55. The average Bonchev–Trinajstić information content (AvgIpc) is 2.75. The number of hydrogen-bond acceptors (Lipinski definition) is 2. The first kappa shape index (κ1) is 14.1. The van der Waals surface area contributed by atoms with Gasteiger partial charge in [-0.25, -0.2) is 0 Å². The van der Waals surface area contributed by atoms with Gasteiger partial charge in [0.2, 0.25) is 0 Å². The molecule has 0 saturated carbocycles. The van der Waals surface area contributed by atoms with Crippen LogP contribution < -0.4 is 0 Å². The molecule has 1 aliphatic heterocycles. The fourth-order valence-electron chi connectivity index (χ4n) is 3.13. The van der Waals surface area contributed by atoms with Gasteiger partial charge in [0.25, 0.3) is 0 Å². The van der Waals surface area contributed by atoms with Crippen molar-refractivity contribution in [2.24, 2.45) is 0 Å². The molecule has 1 unspecified atom stereocenters. The number of carbonyl (C=O) groups is 1. The minimum atomic E-state index is -0.792. The predicted molar refractivity (Wildman–Crippen MR) is 81.6 cm³/mol. The third-order valence-corrected chi connectivity index (χ3v) is 4.18. The molecule has 0 spiro atoms. The maximum Gasteiger partial charge on any atom is 0.307 e. The van der Waals surface area contributed by atoms with Crippen LogP contribution in [-0.4, -0.2) is 28.4 Å². The van der Waals surface area contributed by atoms with Gasteiger partial charge >= 0.3 is 5.97 Å². The molecular weight excluding hydrogens is 266 g/mol. The number of carboxylic acid groups (broad SMARTS) is 1. The Labute approximate surface area is 124 Å². The molecule has 2 aromatic rings. The highest BCUT2D eigenvalue weighted by molar-refractivity contribution is 5.85. The number of carboxylic acids is 1. The van der Waals surface area contributed by atoms with E-state index in [9.17, 15) is 4.79 Å². The summed E-state index contributed by atoms with van der Waals surface area (Å²) >= 11 is 0. The maximum absolute atomic E-state index is 10.9. The van der Waals surface area contributed by atoms with Crippen molar-refractivity contribution in [3.8, 4) is 0 Å². The van der Waals surface area contributed by atoms with E-state index in [2.05, 4.69) is 17.7 Å². The summed E-state index contributed by atoms with van der Waals surface area (Å²) in [6.45, 7) is 3.80. The molecule has 112 valence electrons. The molecule has 1 aromatic heterocycles. The number of fused-ring (bicyclic) bond motifs is 1. The predicted octanol–water partition coefficient (Wildman–Crippen LogP) is 3.15. The molecule has 0 aliphatic carbocycles. The van der Waals surface area contributed by atoms with Crippen LogP contribution in [0.15, 0.2) is 24.4 Å². The van der Waals surface area contributed by atoms with Crippen LogP contribution in [0.1, 0.15) is 30.4 Å². The fourth-order valence-corrected chi connectivity index (χ4v) is 3.13. The van der Waals surface area contributed by atoms with Gasteiger partial charge in [0.15, 0.2) is 0 Å². The summed E-state index contributed by atoms with van der Waals surface area (Å²) in [4.78, 5) is 10.9. The lowest BCUT2D eigenvalue weighted by molar-refractivity contribution is -0.136. The molecule has 21 heavy (non-hydrogen) atoms. The summed E-state index contributed by atoms with van der Waals surface area (Å²) < 4.78 is 8.03. The Morgan fingerprint density at radius 2 is 2.29 bits per heavy atom. The molecule has 1 N–H and O–H groups in total. The van der Waals surface area contributed by atoms with Crippen molar-refractivity contribution in [1.82, 2.24) is 4.57 Å². The van der Waals surface area contributed by atoms with Crippen LogP contribution in [-0.2, 0) is 22.5 Å². The summed E-state index contributed by atoms with van der Waals surface area (Å²) in [6, 6.07) is 5.94. The number of aryl methyl sites for hydroxylation is 1. The average molecular weight is 287 g/mol. The van der Waals surface area contributed by atoms with Crippen LogP contribution in [0.25, 0.3) is 10.9 Å². The smallest absolute Gasteiger partial charge is 0.307 e. The van der Waals surface area contributed by atoms with E-state index in [-0.39, 0.29) is 12.5 Å². The molecule has 2 heterocycles. The van der Waals surface area contributed by atoms with Gasteiger partial charge in [0, 0.05) is 30.3 Å². The van der Waals surface area contributed by atoms with Gasteiger partial charge in [-0.05, 0) is 43.4 Å². The van der Waals surface area contributed by atoms with Crippen LogP contribution in [0.3, 0.4) is 0 Å². The SMILES string of the molecule is Cc1cn(CC2CCCCO2)c2cc(CC(=O)O)ccc12. The van der Waals surface area contributed by atoms with Crippen molar-refractivity contribution in [3.63, 3.8) is 0 Å². The number of hydrogen-bond donors (Lipinski definition) is 1. The van der Waals surface area contributed by atoms with Crippen LogP contribution in [0.2, 0.25) is 0 Å². The summed E-state index contributed by atoms with van der Waals surface area (Å²) in [6.07, 6.45) is 5.98. The Bertz CT molecular complexity index is 653. The lowest BCUT2D eigenvalue weighted by Crippen LogP contribution is -2.24. The fraction of sp³-hybridized carbons (Fsp3) is 0.471. The summed E-state index contributed by atoms with van der Waals surface area (Å²) in [5.41, 5.74) is 3.18. The van der Waals surface area contributed by atoms with Crippen molar-refractivity contribution < 1.29 is 14.6 Å². The monoisotopic (exact) mass is 287 g/mol. The van der Waals surface area contributed by atoms with E-state index in [1.165, 1.54) is 17.4 Å². The molecule has 0 bridgehead atoms. The normalized spacial score (nSPS) is 19.0. The van der Waals surface area contributed by atoms with Crippen LogP contribution in [0.4, 0.5) is 0 Å². The van der Waals surface area contributed by atoms with Gasteiger partial charge in [-0.1, -0.05) is 12.1 Å². The second-order valence-electron chi connectivity index (χ2n) is 5.88. The van der Waals surface area contributed by atoms with Crippen molar-refractivity contribution in [3.05, 3.63) is 35.5 Å². The quantitative estimate of drug-likeness (QED) is 0.940. The van der Waals surface area contributed by atoms with Crippen LogP contribution in [0, 0.1) is 6.92 Å². The van der Waals surface area contributed by atoms with E-state index in [4.69, 9.17) is 9.84 Å². The first-order chi connectivity index (χ1) is 10.1. The Morgan fingerprint density at radius 1 is 1.43 bits per heavy atom. The zero-order valence-electron chi connectivity index (χ0n) is 12.3. The summed E-state index contributed by atoms with van der Waals surface area (Å²) in [5, 5.41) is 10.1. The molecule has 1 atom stereocenters. The van der Waals surface area contributed by atoms with E-state index in [1.807, 2.05) is 18.2 Å². The second-order valence-corrected chi connectivity index (χ2v) is 5.88. The van der Waals surface area contributed by atoms with Crippen molar-refractivity contribution in [2.75, 3.05) is 6.61 Å². The topological polar surface area (TPSA) is 51.5 Å². The van der Waals surface area contributed by atoms with E-state index >= 15 is 0 Å². The zero-order valence-corrected chi connectivity index (χ0v) is 12.3. The van der Waals surface area contributed by atoms with Crippen LogP contribution in [0.5, 0.6) is 0 Å². The lowest BCUT2D eigenvalue weighted by Gasteiger charge is -2.23. The van der Waals surface area contributed by atoms with Gasteiger partial charge in [0.05, 0.1) is 12.5 Å². The number of benzene rings is 1. The van der Waals surface area contributed by atoms with Crippen molar-refractivity contribution in [2.45, 2.75) is 45.3 Å². The zero-order chi connectivity index (χ0) is 14.8. The molecule has 4 heteroatoms. The summed E-state index contributed by atoms with van der Waals surface area (Å²) in [5.74, 6) is -0.792. The molecule has 0 amide bonds.